The lowest BCUT2D eigenvalue weighted by Gasteiger charge is -2.31. The first-order valence-corrected chi connectivity index (χ1v) is 10.3. The fraction of sp³-hybridized carbons (Fsp3) is 0.261. The van der Waals surface area contributed by atoms with E-state index in [2.05, 4.69) is 20.4 Å². The number of piperidine rings is 1. The molecule has 0 saturated carbocycles. The topological polar surface area (TPSA) is 101 Å². The Bertz CT molecular complexity index is 1130. The molecule has 8 nitrogen and oxygen atoms in total. The van der Waals surface area contributed by atoms with Gasteiger partial charge < -0.3 is 10.2 Å². The number of halogens is 1. The molecule has 1 amide bonds. The Morgan fingerprint density at radius 2 is 1.81 bits per heavy atom. The van der Waals surface area contributed by atoms with Gasteiger partial charge in [0.05, 0.1) is 10.6 Å². The zero-order valence-electron chi connectivity index (χ0n) is 17.5. The van der Waals surface area contributed by atoms with Gasteiger partial charge in [-0.05, 0) is 61.7 Å². The third kappa shape index (κ3) is 4.56. The predicted molar refractivity (Wildman–Crippen MR) is 119 cm³/mol. The molecule has 3 aromatic rings. The molecule has 1 aromatic heterocycles. The zero-order valence-corrected chi connectivity index (χ0v) is 17.5. The first-order valence-electron chi connectivity index (χ1n) is 10.3. The summed E-state index contributed by atoms with van der Waals surface area (Å²) in [5.41, 5.74) is 2.25. The number of hydrogen-bond donors (Lipinski definition) is 1. The van der Waals surface area contributed by atoms with E-state index < -0.39 is 4.92 Å². The van der Waals surface area contributed by atoms with Crippen molar-refractivity contribution in [1.29, 1.82) is 0 Å². The lowest BCUT2D eigenvalue weighted by molar-refractivity contribution is -0.384. The number of hydrogen-bond acceptors (Lipinski definition) is 6. The summed E-state index contributed by atoms with van der Waals surface area (Å²) < 4.78 is 13.1. The molecule has 1 fully saturated rings. The number of nitro benzene ring substituents is 1. The minimum Gasteiger partial charge on any atom is -0.355 e. The highest BCUT2D eigenvalue weighted by molar-refractivity contribution is 5.95. The number of nitrogens with one attached hydrogen (secondary N) is 1. The number of aromatic nitrogens is 2. The second-order valence-corrected chi connectivity index (χ2v) is 7.76. The van der Waals surface area contributed by atoms with Crippen molar-refractivity contribution in [3.05, 3.63) is 76.1 Å². The highest BCUT2D eigenvalue weighted by Crippen LogP contribution is 2.30. The fourth-order valence-corrected chi connectivity index (χ4v) is 3.83. The van der Waals surface area contributed by atoms with Gasteiger partial charge in [0.1, 0.15) is 11.5 Å². The van der Waals surface area contributed by atoms with Crippen molar-refractivity contribution in [2.75, 3.05) is 23.3 Å². The molecule has 0 bridgehead atoms. The van der Waals surface area contributed by atoms with E-state index in [-0.39, 0.29) is 29.0 Å². The predicted octanol–water partition coefficient (Wildman–Crippen LogP) is 4.35. The Kier molecular flexibility index (Phi) is 6.07. The number of carbonyl (C=O) groups is 1. The van der Waals surface area contributed by atoms with Gasteiger partial charge in [-0.3, -0.25) is 14.9 Å². The highest BCUT2D eigenvalue weighted by Gasteiger charge is 2.28. The number of para-hydroxylation sites is 1. The number of nitrogens with zero attached hydrogens (tertiary/aromatic N) is 4. The molecule has 164 valence electrons. The van der Waals surface area contributed by atoms with E-state index >= 15 is 0 Å². The lowest BCUT2D eigenvalue weighted by Crippen LogP contribution is -2.38. The van der Waals surface area contributed by atoms with E-state index in [1.54, 1.807) is 31.2 Å². The minimum absolute atomic E-state index is 0.104. The maximum atomic E-state index is 13.1. The normalized spacial score (nSPS) is 14.2. The van der Waals surface area contributed by atoms with Crippen LogP contribution in [0.1, 0.15) is 18.4 Å². The van der Waals surface area contributed by atoms with Gasteiger partial charge in [0.15, 0.2) is 5.82 Å². The summed E-state index contributed by atoms with van der Waals surface area (Å²) in [6.45, 7) is 2.98. The maximum absolute atomic E-state index is 13.1. The van der Waals surface area contributed by atoms with Crippen molar-refractivity contribution >= 4 is 23.1 Å². The number of nitro groups is 1. The van der Waals surface area contributed by atoms with Crippen LogP contribution in [-0.4, -0.2) is 34.1 Å². The summed E-state index contributed by atoms with van der Waals surface area (Å²) in [5, 5.41) is 22.6. The van der Waals surface area contributed by atoms with Crippen molar-refractivity contribution in [3.8, 4) is 11.3 Å². The first-order chi connectivity index (χ1) is 15.4. The van der Waals surface area contributed by atoms with Crippen LogP contribution < -0.4 is 10.2 Å². The van der Waals surface area contributed by atoms with Gasteiger partial charge in [-0.1, -0.05) is 12.1 Å². The molecule has 1 aliphatic heterocycles. The van der Waals surface area contributed by atoms with Gasteiger partial charge in [0.25, 0.3) is 5.69 Å². The Hall–Kier alpha value is -3.88. The maximum Gasteiger partial charge on any atom is 0.293 e. The van der Waals surface area contributed by atoms with Gasteiger partial charge in [0.2, 0.25) is 5.91 Å². The number of aryl methyl sites for hydroxylation is 1. The van der Waals surface area contributed by atoms with Crippen molar-refractivity contribution in [3.63, 3.8) is 0 Å². The average Bonchev–Trinajstić information content (AvgIpc) is 2.81. The van der Waals surface area contributed by atoms with E-state index in [4.69, 9.17) is 0 Å². The molecule has 2 aromatic carbocycles. The molecule has 0 unspecified atom stereocenters. The Morgan fingerprint density at radius 1 is 1.09 bits per heavy atom. The van der Waals surface area contributed by atoms with Gasteiger partial charge in [0, 0.05) is 30.6 Å². The molecule has 0 radical (unpaired) electrons. The van der Waals surface area contributed by atoms with Crippen LogP contribution in [0.15, 0.2) is 54.6 Å². The monoisotopic (exact) mass is 435 g/mol. The Morgan fingerprint density at radius 3 is 2.44 bits per heavy atom. The number of anilines is 2. The molecular formula is C23H22FN5O3. The zero-order chi connectivity index (χ0) is 22.7. The van der Waals surface area contributed by atoms with Crippen LogP contribution in [-0.2, 0) is 4.79 Å². The summed E-state index contributed by atoms with van der Waals surface area (Å²) in [6, 6.07) is 14.5. The fourth-order valence-electron chi connectivity index (χ4n) is 3.83. The van der Waals surface area contributed by atoms with Crippen LogP contribution in [0, 0.1) is 28.8 Å². The largest absolute Gasteiger partial charge is 0.355 e. The molecule has 0 spiro atoms. The van der Waals surface area contributed by atoms with Crippen LogP contribution >= 0.6 is 0 Å². The van der Waals surface area contributed by atoms with E-state index in [1.165, 1.54) is 18.2 Å². The van der Waals surface area contributed by atoms with E-state index in [0.29, 0.717) is 43.0 Å². The second kappa shape index (κ2) is 9.09. The molecule has 0 aliphatic carbocycles. The van der Waals surface area contributed by atoms with Crippen LogP contribution in [0.5, 0.6) is 0 Å². The summed E-state index contributed by atoms with van der Waals surface area (Å²) in [7, 11) is 0. The van der Waals surface area contributed by atoms with E-state index in [1.807, 2.05) is 12.1 Å². The molecule has 32 heavy (non-hydrogen) atoms. The molecule has 1 aliphatic rings. The molecule has 0 atom stereocenters. The van der Waals surface area contributed by atoms with Crippen molar-refractivity contribution < 1.29 is 14.1 Å². The van der Waals surface area contributed by atoms with E-state index in [9.17, 15) is 19.3 Å². The SMILES string of the molecule is Cc1cccc([N+](=O)[O-])c1NC(=O)C1CCN(c2ccc(-c3ccc(F)cc3)nn2)CC1. The first kappa shape index (κ1) is 21.4. The summed E-state index contributed by atoms with van der Waals surface area (Å²) in [5.74, 6) is -0.0387. The molecule has 4 rings (SSSR count). The van der Waals surface area contributed by atoms with Crippen LogP contribution in [0.4, 0.5) is 21.6 Å². The second-order valence-electron chi connectivity index (χ2n) is 7.76. The summed E-state index contributed by atoms with van der Waals surface area (Å²) in [4.78, 5) is 25.6. The molecule has 1 saturated heterocycles. The lowest BCUT2D eigenvalue weighted by atomic mass is 9.95. The van der Waals surface area contributed by atoms with Gasteiger partial charge in [-0.2, -0.15) is 0 Å². The molecular weight excluding hydrogens is 413 g/mol. The Labute approximate surface area is 184 Å². The van der Waals surface area contributed by atoms with Gasteiger partial charge in [-0.25, -0.2) is 4.39 Å². The van der Waals surface area contributed by atoms with Crippen molar-refractivity contribution in [2.24, 2.45) is 5.92 Å². The highest BCUT2D eigenvalue weighted by atomic mass is 19.1. The molecule has 9 heteroatoms. The van der Waals surface area contributed by atoms with Crippen molar-refractivity contribution in [2.45, 2.75) is 19.8 Å². The van der Waals surface area contributed by atoms with Crippen LogP contribution in [0.3, 0.4) is 0 Å². The van der Waals surface area contributed by atoms with Crippen molar-refractivity contribution in [1.82, 2.24) is 10.2 Å². The number of rotatable bonds is 5. The smallest absolute Gasteiger partial charge is 0.293 e. The quantitative estimate of drug-likeness (QED) is 0.472. The van der Waals surface area contributed by atoms with Crippen LogP contribution in [0.25, 0.3) is 11.3 Å². The van der Waals surface area contributed by atoms with Crippen LogP contribution in [0.2, 0.25) is 0 Å². The standard InChI is InChI=1S/C23H22FN5O3/c1-15-3-2-4-20(29(31)32)22(15)25-23(30)17-11-13-28(14-12-17)21-10-9-19(26-27-21)16-5-7-18(24)8-6-16/h2-10,17H,11-14H2,1H3,(H,25,30). The third-order valence-electron chi connectivity index (χ3n) is 5.68. The number of benzene rings is 2. The Balaban J connectivity index is 1.38. The van der Waals surface area contributed by atoms with Gasteiger partial charge in [-0.15, -0.1) is 10.2 Å². The number of carbonyl (C=O) groups excluding carboxylic acids is 1. The summed E-state index contributed by atoms with van der Waals surface area (Å²) in [6.07, 6.45) is 1.21. The summed E-state index contributed by atoms with van der Waals surface area (Å²) >= 11 is 0. The average molecular weight is 435 g/mol. The number of amides is 1. The van der Waals surface area contributed by atoms with Gasteiger partial charge >= 0.3 is 0 Å². The minimum atomic E-state index is -0.487. The van der Waals surface area contributed by atoms with E-state index in [0.717, 1.165) is 5.56 Å². The molecule has 2 heterocycles. The molecule has 1 N–H and O–H groups in total. The third-order valence-corrected chi connectivity index (χ3v) is 5.68.